The van der Waals surface area contributed by atoms with Crippen LogP contribution in [0.3, 0.4) is 0 Å². The zero-order valence-corrected chi connectivity index (χ0v) is 47.9. The summed E-state index contributed by atoms with van der Waals surface area (Å²) in [5, 5.41) is -0.586. The predicted molar refractivity (Wildman–Crippen MR) is 279 cm³/mol. The molecule has 2 rings (SSSR count). The van der Waals surface area contributed by atoms with Crippen LogP contribution in [0.15, 0.2) is 48.5 Å². The van der Waals surface area contributed by atoms with Crippen LogP contribution in [-0.4, -0.2) is 65.7 Å². The lowest BCUT2D eigenvalue weighted by Gasteiger charge is -2.43. The molecule has 0 saturated carbocycles. The predicted octanol–water partition coefficient (Wildman–Crippen LogP) is 15.8. The van der Waals surface area contributed by atoms with E-state index in [1.54, 1.807) is 48.5 Å². The quantitative estimate of drug-likeness (QED) is 0.0501. The first kappa shape index (κ1) is 58.5. The van der Waals surface area contributed by atoms with Crippen LogP contribution in [0.25, 0.3) is 11.7 Å². The highest BCUT2D eigenvalue weighted by Crippen LogP contribution is 2.52. The fourth-order valence-electron chi connectivity index (χ4n) is 7.76. The van der Waals surface area contributed by atoms with Crippen molar-refractivity contribution in [3.8, 4) is 11.5 Å². The Labute approximate surface area is 394 Å². The van der Waals surface area contributed by atoms with Crippen LogP contribution < -0.4 is 9.47 Å². The van der Waals surface area contributed by atoms with E-state index < -0.39 is 44.9 Å². The Morgan fingerprint density at radius 3 is 0.812 bits per heavy atom. The number of halogens is 2. The van der Waals surface area contributed by atoms with E-state index in [1.807, 2.05) is 52.4 Å². The Kier molecular flexibility index (Phi) is 20.3. The maximum absolute atomic E-state index is 15.6. The van der Waals surface area contributed by atoms with E-state index in [1.165, 1.54) is 0 Å². The Balaban J connectivity index is 2.18. The second kappa shape index (κ2) is 22.2. The van der Waals surface area contributed by atoms with Crippen LogP contribution in [0, 0.1) is 10.8 Å². The average molecular weight is 966 g/mol. The van der Waals surface area contributed by atoms with Crippen molar-refractivity contribution in [2.75, 3.05) is 13.2 Å². The van der Waals surface area contributed by atoms with Gasteiger partial charge >= 0.3 is 0 Å². The first-order chi connectivity index (χ1) is 28.9. The van der Waals surface area contributed by atoms with Gasteiger partial charge in [-0.3, -0.25) is 0 Å². The van der Waals surface area contributed by atoms with Crippen LogP contribution in [0.1, 0.15) is 157 Å². The maximum Gasteiger partial charge on any atom is 0.188 e. The van der Waals surface area contributed by atoms with Gasteiger partial charge in [-0.1, -0.05) is 82.1 Å². The number of benzene rings is 2. The smallest absolute Gasteiger partial charge is 0.188 e. The number of rotatable bonds is 28. The molecule has 2 aromatic carbocycles. The molecule has 0 heterocycles. The summed E-state index contributed by atoms with van der Waals surface area (Å²) in [6.07, 6.45) is 11.0. The van der Waals surface area contributed by atoms with E-state index >= 15 is 8.78 Å². The van der Waals surface area contributed by atoms with Gasteiger partial charge in [0, 0.05) is 11.1 Å². The van der Waals surface area contributed by atoms with Crippen LogP contribution in [0.2, 0.25) is 72.5 Å². The third-order valence-electron chi connectivity index (χ3n) is 17.5. The molecule has 2 aromatic rings. The van der Waals surface area contributed by atoms with Gasteiger partial charge in [0.1, 0.15) is 11.5 Å². The summed E-state index contributed by atoms with van der Waals surface area (Å²) < 4.78 is 43.8. The fraction of sp³-hybridized carbons (Fsp3) is 0.731. The largest absolute Gasteiger partial charge is 0.494 e. The molecule has 0 aliphatic rings. The van der Waals surface area contributed by atoms with E-state index in [4.69, 9.17) is 9.47 Å². The molecule has 0 fully saturated rings. The summed E-state index contributed by atoms with van der Waals surface area (Å²) in [5.74, 6) is -0.699. The Morgan fingerprint density at radius 1 is 0.406 bits per heavy atom. The van der Waals surface area contributed by atoms with Crippen molar-refractivity contribution in [2.24, 2.45) is 10.8 Å². The maximum atomic E-state index is 15.6. The summed E-state index contributed by atoms with van der Waals surface area (Å²) in [5.41, 5.74) is 0.206. The molecule has 0 amide bonds. The van der Waals surface area contributed by atoms with Gasteiger partial charge in [-0.15, -0.1) is 0 Å². The van der Waals surface area contributed by atoms with Crippen molar-refractivity contribution >= 4 is 44.9 Å². The minimum absolute atomic E-state index is 0.0276. The van der Waals surface area contributed by atoms with Crippen LogP contribution >= 0.6 is 0 Å². The van der Waals surface area contributed by atoms with E-state index in [2.05, 4.69) is 69.2 Å². The van der Waals surface area contributed by atoms with Gasteiger partial charge < -0.3 is 28.7 Å². The molecule has 368 valence electrons. The lowest BCUT2D eigenvalue weighted by atomic mass is 9.72. The molecule has 0 radical (unpaired) electrons. The van der Waals surface area contributed by atoms with Crippen molar-refractivity contribution in [2.45, 2.75) is 219 Å². The van der Waals surface area contributed by atoms with Gasteiger partial charge in [-0.25, -0.2) is 8.78 Å². The lowest BCUT2D eigenvalue weighted by Crippen LogP contribution is -2.41. The van der Waals surface area contributed by atoms with Crippen LogP contribution in [0.5, 0.6) is 11.5 Å². The molecule has 0 aliphatic carbocycles. The zero-order valence-electron chi connectivity index (χ0n) is 43.9. The Bertz CT molecular complexity index is 1570. The van der Waals surface area contributed by atoms with Crippen molar-refractivity contribution in [1.82, 2.24) is 0 Å². The van der Waals surface area contributed by atoms with Crippen LogP contribution in [0.4, 0.5) is 8.78 Å². The molecular weight excluding hydrogens is 871 g/mol. The molecule has 0 aromatic heterocycles. The molecule has 64 heavy (non-hydrogen) atoms. The third kappa shape index (κ3) is 16.3. The Hall–Kier alpha value is -1.65. The number of ether oxygens (including phenoxy) is 2. The second-order valence-corrected chi connectivity index (χ2v) is 42.2. The first-order valence-corrected chi connectivity index (χ1v) is 36.1. The first-order valence-electron chi connectivity index (χ1n) is 24.3. The molecular formula is C52H94F2O6Si4. The fourth-order valence-corrected chi connectivity index (χ4v) is 10.7. The summed E-state index contributed by atoms with van der Waals surface area (Å²) in [4.78, 5) is 44.2. The minimum atomic E-state index is -2.39. The summed E-state index contributed by atoms with van der Waals surface area (Å²) in [6, 6.07) is 13.0. The van der Waals surface area contributed by atoms with Gasteiger partial charge in [0.2, 0.25) is 0 Å². The van der Waals surface area contributed by atoms with E-state index in [9.17, 15) is 19.2 Å². The normalized spacial score (nSPS) is 14.8. The summed E-state index contributed by atoms with van der Waals surface area (Å²) in [7, 11) is -9.57. The van der Waals surface area contributed by atoms with Gasteiger partial charge in [0.05, 0.1) is 13.2 Å². The highest BCUT2D eigenvalue weighted by atomic mass is 28.4. The van der Waals surface area contributed by atoms with Crippen molar-refractivity contribution in [3.05, 3.63) is 59.7 Å². The van der Waals surface area contributed by atoms with Gasteiger partial charge in [-0.2, -0.15) is 0 Å². The topological polar surface area (TPSA) is 99.4 Å². The molecule has 0 saturated heterocycles. The number of hydrogen-bond acceptors (Lipinski definition) is 6. The molecule has 0 atom stereocenters. The molecule has 0 unspecified atom stereocenters. The standard InChI is InChI=1S/C52H94F2O6Si4/c1-19-51(33-29-47(3,4)61(11,12)55,34-30-48(5,6)62(13,14)56)37-39-59-43-25-21-41(22-26-43)45(53)46(54)42-23-27-44(28-24-42)60-40-38-52(20-2,35-31-49(7,8)63(15,16)57)36-32-50(9,10)64(17,18)58/h21-28,55-58H,19-20,29-40H2,1-18H3/b46-45+. The van der Waals surface area contributed by atoms with E-state index in [0.717, 1.165) is 77.0 Å². The van der Waals surface area contributed by atoms with Crippen LogP contribution in [-0.2, 0) is 0 Å². The molecule has 6 nitrogen and oxygen atoms in total. The SMILES string of the molecule is CCC(CCOc1ccc(/C(F)=C(\F)c2ccc(OCCC(CC)(CCC(C)(C)[Si](C)(C)O)CCC(C)(C)[Si](C)(C)O)cc2)cc1)(CCC(C)(C)[Si](C)(C)O)CCC(C)(C)[Si](C)(C)O. The summed E-state index contributed by atoms with van der Waals surface area (Å²) >= 11 is 0. The third-order valence-corrected chi connectivity index (χ3v) is 31.7. The summed E-state index contributed by atoms with van der Waals surface area (Å²) in [6.45, 7) is 39.0. The van der Waals surface area contributed by atoms with Gasteiger partial charge in [0.15, 0.2) is 44.9 Å². The molecule has 12 heteroatoms. The molecule has 4 N–H and O–H groups in total. The average Bonchev–Trinajstić information content (AvgIpc) is 3.18. The monoisotopic (exact) mass is 965 g/mol. The second-order valence-electron chi connectivity index (χ2n) is 24.4. The van der Waals surface area contributed by atoms with Gasteiger partial charge in [0.25, 0.3) is 0 Å². The molecule has 0 spiro atoms. The highest BCUT2D eigenvalue weighted by Gasteiger charge is 2.45. The van der Waals surface area contributed by atoms with Gasteiger partial charge in [-0.05, 0) is 196 Å². The number of hydrogen-bond donors (Lipinski definition) is 4. The van der Waals surface area contributed by atoms with E-state index in [-0.39, 0.29) is 42.1 Å². The lowest BCUT2D eigenvalue weighted by molar-refractivity contribution is 0.142. The molecule has 0 aliphatic heterocycles. The van der Waals surface area contributed by atoms with Crippen molar-refractivity contribution < 1.29 is 37.4 Å². The highest BCUT2D eigenvalue weighted by molar-refractivity contribution is 6.74. The molecule has 0 bridgehead atoms. The van der Waals surface area contributed by atoms with Crippen molar-refractivity contribution in [3.63, 3.8) is 0 Å². The Morgan fingerprint density at radius 2 is 0.625 bits per heavy atom. The minimum Gasteiger partial charge on any atom is -0.494 e. The van der Waals surface area contributed by atoms with Crippen molar-refractivity contribution in [1.29, 1.82) is 0 Å². The van der Waals surface area contributed by atoms with E-state index in [0.29, 0.717) is 24.7 Å². The zero-order chi connectivity index (χ0) is 49.4.